The van der Waals surface area contributed by atoms with Crippen LogP contribution in [0.2, 0.25) is 0 Å². The van der Waals surface area contributed by atoms with Crippen LogP contribution in [-0.2, 0) is 6.54 Å². The fourth-order valence-electron chi connectivity index (χ4n) is 1.38. The van der Waals surface area contributed by atoms with Crippen molar-refractivity contribution in [2.24, 2.45) is 0 Å². The van der Waals surface area contributed by atoms with Crippen LogP contribution in [0.15, 0.2) is 30.6 Å². The van der Waals surface area contributed by atoms with E-state index < -0.39 is 0 Å². The van der Waals surface area contributed by atoms with E-state index >= 15 is 0 Å². The summed E-state index contributed by atoms with van der Waals surface area (Å²) in [5, 5.41) is 4.24. The summed E-state index contributed by atoms with van der Waals surface area (Å²) in [7, 11) is 1.93. The van der Waals surface area contributed by atoms with Crippen LogP contribution < -0.4 is 5.32 Å². The van der Waals surface area contributed by atoms with Crippen LogP contribution in [0.1, 0.15) is 5.56 Å². The van der Waals surface area contributed by atoms with Gasteiger partial charge in [0.25, 0.3) is 0 Å². The molecule has 13 heavy (non-hydrogen) atoms. The standard InChI is InChI=1S/C10H11N3/c1-11-7-8-4-6-13-10-9(8)3-2-5-12-10/h2-6,11H,7H2,1H3. The summed E-state index contributed by atoms with van der Waals surface area (Å²) in [5.41, 5.74) is 2.05. The van der Waals surface area contributed by atoms with Crippen LogP contribution in [0, 0.1) is 0 Å². The summed E-state index contributed by atoms with van der Waals surface area (Å²) in [6, 6.07) is 5.99. The molecule has 0 saturated heterocycles. The van der Waals surface area contributed by atoms with Gasteiger partial charge in [-0.15, -0.1) is 0 Å². The Morgan fingerprint density at radius 1 is 1.23 bits per heavy atom. The molecule has 2 aromatic rings. The molecule has 0 unspecified atom stereocenters. The molecular weight excluding hydrogens is 162 g/mol. The minimum absolute atomic E-state index is 0.815. The highest BCUT2D eigenvalue weighted by Gasteiger charge is 1.99. The zero-order valence-electron chi connectivity index (χ0n) is 7.49. The molecule has 2 rings (SSSR count). The van der Waals surface area contributed by atoms with E-state index in [0.717, 1.165) is 17.6 Å². The Morgan fingerprint density at radius 2 is 2.08 bits per heavy atom. The molecule has 2 aromatic heterocycles. The van der Waals surface area contributed by atoms with Crippen LogP contribution in [0.5, 0.6) is 0 Å². The number of nitrogens with zero attached hydrogens (tertiary/aromatic N) is 2. The highest BCUT2D eigenvalue weighted by atomic mass is 14.8. The monoisotopic (exact) mass is 173 g/mol. The van der Waals surface area contributed by atoms with Crippen LogP contribution in [-0.4, -0.2) is 17.0 Å². The second-order valence-electron chi connectivity index (χ2n) is 2.87. The van der Waals surface area contributed by atoms with E-state index in [2.05, 4.69) is 15.3 Å². The van der Waals surface area contributed by atoms with Crippen LogP contribution >= 0.6 is 0 Å². The first kappa shape index (κ1) is 8.13. The minimum atomic E-state index is 0.815. The molecule has 0 aliphatic carbocycles. The van der Waals surface area contributed by atoms with E-state index in [9.17, 15) is 0 Å². The summed E-state index contributed by atoms with van der Waals surface area (Å²) in [6.07, 6.45) is 3.56. The van der Waals surface area contributed by atoms with Gasteiger partial charge in [-0.2, -0.15) is 0 Å². The van der Waals surface area contributed by atoms with E-state index in [0.29, 0.717) is 0 Å². The molecule has 0 saturated carbocycles. The van der Waals surface area contributed by atoms with Crippen molar-refractivity contribution < 1.29 is 0 Å². The first-order valence-electron chi connectivity index (χ1n) is 4.25. The van der Waals surface area contributed by atoms with Gasteiger partial charge in [0.2, 0.25) is 0 Å². The number of pyridine rings is 2. The summed E-state index contributed by atoms with van der Waals surface area (Å²) >= 11 is 0. The highest BCUT2D eigenvalue weighted by Crippen LogP contribution is 2.13. The van der Waals surface area contributed by atoms with Gasteiger partial charge in [-0.1, -0.05) is 0 Å². The quantitative estimate of drug-likeness (QED) is 0.745. The van der Waals surface area contributed by atoms with Crippen molar-refractivity contribution in [3.05, 3.63) is 36.2 Å². The second-order valence-corrected chi connectivity index (χ2v) is 2.87. The Bertz CT molecular complexity index is 406. The van der Waals surface area contributed by atoms with Crippen molar-refractivity contribution in [1.82, 2.24) is 15.3 Å². The molecule has 1 N–H and O–H groups in total. The van der Waals surface area contributed by atoms with E-state index in [1.165, 1.54) is 5.56 Å². The molecule has 0 atom stereocenters. The second kappa shape index (κ2) is 3.49. The number of aromatic nitrogens is 2. The van der Waals surface area contributed by atoms with Crippen molar-refractivity contribution in [1.29, 1.82) is 0 Å². The largest absolute Gasteiger partial charge is 0.316 e. The van der Waals surface area contributed by atoms with Crippen molar-refractivity contribution in [2.45, 2.75) is 6.54 Å². The molecule has 2 heterocycles. The van der Waals surface area contributed by atoms with Crippen molar-refractivity contribution in [3.8, 4) is 0 Å². The van der Waals surface area contributed by atoms with Gasteiger partial charge < -0.3 is 5.32 Å². The Balaban J connectivity index is 2.61. The van der Waals surface area contributed by atoms with E-state index in [4.69, 9.17) is 0 Å². The van der Waals surface area contributed by atoms with Crippen molar-refractivity contribution >= 4 is 11.0 Å². The first-order chi connectivity index (χ1) is 6.42. The van der Waals surface area contributed by atoms with Gasteiger partial charge in [-0.3, -0.25) is 0 Å². The third kappa shape index (κ3) is 1.51. The molecule has 0 aromatic carbocycles. The Hall–Kier alpha value is -1.48. The zero-order chi connectivity index (χ0) is 9.10. The lowest BCUT2D eigenvalue weighted by molar-refractivity contribution is 0.822. The van der Waals surface area contributed by atoms with Gasteiger partial charge in [-0.05, 0) is 30.8 Å². The number of fused-ring (bicyclic) bond motifs is 1. The maximum absolute atomic E-state index is 4.19. The number of nitrogens with one attached hydrogen (secondary N) is 1. The third-order valence-corrected chi connectivity index (χ3v) is 1.97. The fourth-order valence-corrected chi connectivity index (χ4v) is 1.38. The van der Waals surface area contributed by atoms with Crippen LogP contribution in [0.4, 0.5) is 0 Å². The highest BCUT2D eigenvalue weighted by molar-refractivity contribution is 5.78. The molecule has 0 aliphatic heterocycles. The van der Waals surface area contributed by atoms with Gasteiger partial charge in [0.05, 0.1) is 0 Å². The molecule has 0 aliphatic rings. The van der Waals surface area contributed by atoms with Crippen molar-refractivity contribution in [2.75, 3.05) is 7.05 Å². The summed E-state index contributed by atoms with van der Waals surface area (Å²) < 4.78 is 0. The SMILES string of the molecule is CNCc1ccnc2ncccc12. The number of hydrogen-bond acceptors (Lipinski definition) is 3. The molecule has 3 nitrogen and oxygen atoms in total. The summed E-state index contributed by atoms with van der Waals surface area (Å²) in [6.45, 7) is 0.852. The predicted octanol–water partition coefficient (Wildman–Crippen LogP) is 1.35. The predicted molar refractivity (Wildman–Crippen MR) is 52.3 cm³/mol. The van der Waals surface area contributed by atoms with Gasteiger partial charge in [0.1, 0.15) is 0 Å². The Kier molecular flexibility index (Phi) is 2.19. The average molecular weight is 173 g/mol. The smallest absolute Gasteiger partial charge is 0.159 e. The minimum Gasteiger partial charge on any atom is -0.316 e. The van der Waals surface area contributed by atoms with E-state index in [1.54, 1.807) is 12.4 Å². The van der Waals surface area contributed by atoms with E-state index in [1.807, 2.05) is 25.2 Å². The van der Waals surface area contributed by atoms with Gasteiger partial charge in [0, 0.05) is 24.3 Å². The molecule has 0 amide bonds. The van der Waals surface area contributed by atoms with Gasteiger partial charge in [0.15, 0.2) is 5.65 Å². The lowest BCUT2D eigenvalue weighted by Crippen LogP contribution is -2.05. The molecule has 0 radical (unpaired) electrons. The Morgan fingerprint density at radius 3 is 2.92 bits per heavy atom. The van der Waals surface area contributed by atoms with Crippen LogP contribution in [0.3, 0.4) is 0 Å². The maximum Gasteiger partial charge on any atom is 0.159 e. The van der Waals surface area contributed by atoms with Gasteiger partial charge >= 0.3 is 0 Å². The Labute approximate surface area is 76.8 Å². The fraction of sp³-hybridized carbons (Fsp3) is 0.200. The van der Waals surface area contributed by atoms with Gasteiger partial charge in [-0.25, -0.2) is 9.97 Å². The number of hydrogen-bond donors (Lipinski definition) is 1. The normalized spacial score (nSPS) is 10.5. The summed E-state index contributed by atoms with van der Waals surface area (Å²) in [5.74, 6) is 0. The van der Waals surface area contributed by atoms with E-state index in [-0.39, 0.29) is 0 Å². The molecule has 0 spiro atoms. The number of rotatable bonds is 2. The lowest BCUT2D eigenvalue weighted by atomic mass is 10.1. The third-order valence-electron chi connectivity index (χ3n) is 1.97. The molecule has 3 heteroatoms. The molecule has 0 bridgehead atoms. The zero-order valence-corrected chi connectivity index (χ0v) is 7.49. The first-order valence-corrected chi connectivity index (χ1v) is 4.25. The van der Waals surface area contributed by atoms with Crippen molar-refractivity contribution in [3.63, 3.8) is 0 Å². The lowest BCUT2D eigenvalue weighted by Gasteiger charge is -2.03. The topological polar surface area (TPSA) is 37.8 Å². The molecule has 0 fully saturated rings. The summed E-state index contributed by atoms with van der Waals surface area (Å²) in [4.78, 5) is 8.37. The van der Waals surface area contributed by atoms with Crippen LogP contribution in [0.25, 0.3) is 11.0 Å². The molecular formula is C10H11N3. The average Bonchev–Trinajstić information content (AvgIpc) is 2.19. The maximum atomic E-state index is 4.19. The molecule has 66 valence electrons.